The minimum absolute atomic E-state index is 0.111. The van der Waals surface area contributed by atoms with Crippen molar-refractivity contribution in [3.05, 3.63) is 59.0 Å². The fourth-order valence-corrected chi connectivity index (χ4v) is 2.04. The van der Waals surface area contributed by atoms with E-state index >= 15 is 0 Å². The lowest BCUT2D eigenvalue weighted by Crippen LogP contribution is -2.23. The van der Waals surface area contributed by atoms with Gasteiger partial charge in [-0.25, -0.2) is 0 Å². The smallest absolute Gasteiger partial charge is 0.103 e. The maximum Gasteiger partial charge on any atom is 0.103 e. The van der Waals surface area contributed by atoms with E-state index in [4.69, 9.17) is 21.8 Å². The van der Waals surface area contributed by atoms with Gasteiger partial charge in [-0.15, -0.1) is 0 Å². The average molecular weight is 250 g/mol. The van der Waals surface area contributed by atoms with E-state index in [9.17, 15) is 0 Å². The van der Waals surface area contributed by atoms with Gasteiger partial charge >= 0.3 is 0 Å². The number of benzene rings is 1. The van der Waals surface area contributed by atoms with Crippen molar-refractivity contribution in [3.63, 3.8) is 0 Å². The standard InChI is InChI=1S/C14H16ClNO/c15-14-6-2-1-4-11(14)10-12(16)7-8-13-5-3-9-17-13/h1-6,9,12H,7-8,10,16H2. The molecule has 0 aliphatic rings. The Morgan fingerprint density at radius 3 is 2.71 bits per heavy atom. The van der Waals surface area contributed by atoms with Crippen LogP contribution < -0.4 is 5.73 Å². The third-order valence-electron chi connectivity index (χ3n) is 2.78. The summed E-state index contributed by atoms with van der Waals surface area (Å²) in [7, 11) is 0. The SMILES string of the molecule is NC(CCc1ccco1)Cc1ccccc1Cl. The maximum absolute atomic E-state index is 6.09. The summed E-state index contributed by atoms with van der Waals surface area (Å²) in [5.41, 5.74) is 7.20. The van der Waals surface area contributed by atoms with Gasteiger partial charge in [-0.2, -0.15) is 0 Å². The highest BCUT2D eigenvalue weighted by molar-refractivity contribution is 6.31. The molecule has 2 N–H and O–H groups in total. The lowest BCUT2D eigenvalue weighted by molar-refractivity contribution is 0.484. The number of hydrogen-bond donors (Lipinski definition) is 1. The van der Waals surface area contributed by atoms with Crippen LogP contribution in [0.4, 0.5) is 0 Å². The van der Waals surface area contributed by atoms with Gasteiger partial charge < -0.3 is 10.2 Å². The first kappa shape index (κ1) is 12.2. The van der Waals surface area contributed by atoms with Crippen LogP contribution in [-0.4, -0.2) is 6.04 Å². The predicted octanol–water partition coefficient (Wildman–Crippen LogP) is 3.44. The Kier molecular flexibility index (Phi) is 4.24. The molecule has 0 aliphatic heterocycles. The molecule has 0 saturated heterocycles. The monoisotopic (exact) mass is 249 g/mol. The highest BCUT2D eigenvalue weighted by atomic mass is 35.5. The van der Waals surface area contributed by atoms with E-state index in [1.807, 2.05) is 36.4 Å². The van der Waals surface area contributed by atoms with Crippen LogP contribution in [0.15, 0.2) is 47.1 Å². The van der Waals surface area contributed by atoms with Crippen molar-refractivity contribution in [3.8, 4) is 0 Å². The number of nitrogens with two attached hydrogens (primary N) is 1. The third-order valence-corrected chi connectivity index (χ3v) is 3.15. The zero-order chi connectivity index (χ0) is 12.1. The van der Waals surface area contributed by atoms with Gasteiger partial charge in [0, 0.05) is 17.5 Å². The molecule has 0 amide bonds. The largest absolute Gasteiger partial charge is 0.469 e. The molecule has 0 saturated carbocycles. The van der Waals surface area contributed by atoms with E-state index in [1.165, 1.54) is 0 Å². The van der Waals surface area contributed by atoms with Crippen molar-refractivity contribution in [2.45, 2.75) is 25.3 Å². The predicted molar refractivity (Wildman–Crippen MR) is 70.2 cm³/mol. The zero-order valence-electron chi connectivity index (χ0n) is 9.60. The van der Waals surface area contributed by atoms with E-state index in [1.54, 1.807) is 6.26 Å². The summed E-state index contributed by atoms with van der Waals surface area (Å²) in [5, 5.41) is 0.793. The Morgan fingerprint density at radius 1 is 1.18 bits per heavy atom. The Morgan fingerprint density at radius 2 is 2.00 bits per heavy atom. The van der Waals surface area contributed by atoms with Crippen molar-refractivity contribution in [1.29, 1.82) is 0 Å². The second-order valence-electron chi connectivity index (χ2n) is 4.17. The van der Waals surface area contributed by atoms with Gasteiger partial charge in [-0.3, -0.25) is 0 Å². The van der Waals surface area contributed by atoms with Crippen LogP contribution in [0.5, 0.6) is 0 Å². The van der Waals surface area contributed by atoms with Crippen LogP contribution in [0.2, 0.25) is 5.02 Å². The molecule has 1 heterocycles. The Labute approximate surface area is 106 Å². The normalized spacial score (nSPS) is 12.6. The minimum atomic E-state index is 0.111. The quantitative estimate of drug-likeness (QED) is 0.882. The molecule has 2 aromatic rings. The summed E-state index contributed by atoms with van der Waals surface area (Å²) in [6.45, 7) is 0. The summed E-state index contributed by atoms with van der Waals surface area (Å²) in [5.74, 6) is 0.986. The topological polar surface area (TPSA) is 39.2 Å². The summed E-state index contributed by atoms with van der Waals surface area (Å²) < 4.78 is 5.28. The first-order valence-electron chi connectivity index (χ1n) is 5.77. The molecule has 2 rings (SSSR count). The van der Waals surface area contributed by atoms with Gasteiger partial charge in [-0.1, -0.05) is 29.8 Å². The average Bonchev–Trinajstić information content (AvgIpc) is 2.82. The summed E-state index contributed by atoms with van der Waals surface area (Å²) >= 11 is 6.09. The maximum atomic E-state index is 6.09. The molecular formula is C14H16ClNO. The fourth-order valence-electron chi connectivity index (χ4n) is 1.83. The second kappa shape index (κ2) is 5.89. The molecule has 0 spiro atoms. The van der Waals surface area contributed by atoms with E-state index in [2.05, 4.69) is 0 Å². The number of hydrogen-bond acceptors (Lipinski definition) is 2. The van der Waals surface area contributed by atoms with Gasteiger partial charge in [0.25, 0.3) is 0 Å². The zero-order valence-corrected chi connectivity index (χ0v) is 10.4. The molecule has 0 aliphatic carbocycles. The van der Waals surface area contributed by atoms with Crippen LogP contribution >= 0.6 is 11.6 Å². The number of halogens is 1. The number of furan rings is 1. The minimum Gasteiger partial charge on any atom is -0.469 e. The molecule has 0 fully saturated rings. The first-order chi connectivity index (χ1) is 8.25. The molecule has 1 aromatic heterocycles. The molecular weight excluding hydrogens is 234 g/mol. The Bertz CT molecular complexity index is 453. The van der Waals surface area contributed by atoms with Gasteiger partial charge in [0.15, 0.2) is 0 Å². The number of aryl methyl sites for hydroxylation is 1. The molecule has 1 unspecified atom stereocenters. The first-order valence-corrected chi connectivity index (χ1v) is 6.15. The highest BCUT2D eigenvalue weighted by Gasteiger charge is 2.08. The molecule has 3 heteroatoms. The van der Waals surface area contributed by atoms with Crippen LogP contribution in [0.25, 0.3) is 0 Å². The Hall–Kier alpha value is -1.25. The van der Waals surface area contributed by atoms with E-state index in [0.29, 0.717) is 0 Å². The van der Waals surface area contributed by atoms with E-state index in [-0.39, 0.29) is 6.04 Å². The molecule has 1 aromatic carbocycles. The highest BCUT2D eigenvalue weighted by Crippen LogP contribution is 2.17. The lowest BCUT2D eigenvalue weighted by atomic mass is 10.0. The fraction of sp³-hybridized carbons (Fsp3) is 0.286. The summed E-state index contributed by atoms with van der Waals surface area (Å²) in [6, 6.07) is 11.8. The van der Waals surface area contributed by atoms with Crippen molar-refractivity contribution >= 4 is 11.6 Å². The van der Waals surface area contributed by atoms with Crippen molar-refractivity contribution < 1.29 is 4.42 Å². The molecule has 90 valence electrons. The number of rotatable bonds is 5. The second-order valence-corrected chi connectivity index (χ2v) is 4.58. The van der Waals surface area contributed by atoms with Crippen LogP contribution in [-0.2, 0) is 12.8 Å². The van der Waals surface area contributed by atoms with Crippen LogP contribution in [0, 0.1) is 0 Å². The van der Waals surface area contributed by atoms with Gasteiger partial charge in [0.2, 0.25) is 0 Å². The van der Waals surface area contributed by atoms with Crippen molar-refractivity contribution in [2.24, 2.45) is 5.73 Å². The van der Waals surface area contributed by atoms with E-state index < -0.39 is 0 Å². The van der Waals surface area contributed by atoms with Crippen LogP contribution in [0.1, 0.15) is 17.7 Å². The lowest BCUT2D eigenvalue weighted by Gasteiger charge is -2.11. The van der Waals surface area contributed by atoms with Gasteiger partial charge in [0.1, 0.15) is 5.76 Å². The van der Waals surface area contributed by atoms with Gasteiger partial charge in [0.05, 0.1) is 6.26 Å². The van der Waals surface area contributed by atoms with Crippen molar-refractivity contribution in [1.82, 2.24) is 0 Å². The molecule has 0 radical (unpaired) electrons. The van der Waals surface area contributed by atoms with E-state index in [0.717, 1.165) is 35.6 Å². The van der Waals surface area contributed by atoms with Crippen LogP contribution in [0.3, 0.4) is 0 Å². The molecule has 2 nitrogen and oxygen atoms in total. The van der Waals surface area contributed by atoms with Gasteiger partial charge in [-0.05, 0) is 36.6 Å². The molecule has 1 atom stereocenters. The summed E-state index contributed by atoms with van der Waals surface area (Å²) in [6.07, 6.45) is 4.27. The Balaban J connectivity index is 1.85. The summed E-state index contributed by atoms with van der Waals surface area (Å²) in [4.78, 5) is 0. The molecule has 17 heavy (non-hydrogen) atoms. The molecule has 0 bridgehead atoms. The van der Waals surface area contributed by atoms with Crippen molar-refractivity contribution in [2.75, 3.05) is 0 Å². The third kappa shape index (κ3) is 3.62.